The molecule has 0 aliphatic carbocycles. The molecular formula is C13H12ClNO2. The lowest BCUT2D eigenvalue weighted by Gasteiger charge is -2.06. The van der Waals surface area contributed by atoms with Crippen LogP contribution in [0.1, 0.15) is 5.56 Å². The number of hydrogen-bond acceptors (Lipinski definition) is 3. The molecule has 0 saturated carbocycles. The topological polar surface area (TPSA) is 31.4 Å². The third-order valence-corrected chi connectivity index (χ3v) is 2.42. The number of pyridine rings is 1. The van der Waals surface area contributed by atoms with Gasteiger partial charge in [0, 0.05) is 6.07 Å². The van der Waals surface area contributed by atoms with E-state index in [0.717, 1.165) is 11.3 Å². The Hall–Kier alpha value is -1.74. The fraction of sp³-hybridized carbons (Fsp3) is 0.154. The lowest BCUT2D eigenvalue weighted by Crippen LogP contribution is -1.97. The number of aromatic nitrogens is 1. The van der Waals surface area contributed by atoms with Crippen molar-refractivity contribution in [3.8, 4) is 11.6 Å². The molecule has 17 heavy (non-hydrogen) atoms. The fourth-order valence-electron chi connectivity index (χ4n) is 1.39. The van der Waals surface area contributed by atoms with E-state index in [1.165, 1.54) is 0 Å². The first-order valence-corrected chi connectivity index (χ1v) is 5.54. The number of nitrogens with zero attached hydrogens (tertiary/aromatic N) is 1. The lowest BCUT2D eigenvalue weighted by atomic mass is 10.2. The van der Waals surface area contributed by atoms with Gasteiger partial charge in [0.05, 0.1) is 7.11 Å². The summed E-state index contributed by atoms with van der Waals surface area (Å²) in [5, 5.41) is 0.424. The van der Waals surface area contributed by atoms with Crippen molar-refractivity contribution in [2.75, 3.05) is 7.11 Å². The number of ether oxygens (including phenoxy) is 2. The van der Waals surface area contributed by atoms with Crippen molar-refractivity contribution in [2.45, 2.75) is 6.61 Å². The highest BCUT2D eigenvalue weighted by Gasteiger charge is 1.99. The van der Waals surface area contributed by atoms with Gasteiger partial charge in [0.1, 0.15) is 17.5 Å². The Balaban J connectivity index is 2.02. The molecule has 0 fully saturated rings. The monoisotopic (exact) mass is 249 g/mol. The molecule has 0 aliphatic heterocycles. The lowest BCUT2D eigenvalue weighted by molar-refractivity contribution is 0.293. The number of hydrogen-bond donors (Lipinski definition) is 0. The van der Waals surface area contributed by atoms with Crippen molar-refractivity contribution >= 4 is 11.6 Å². The standard InChI is InChI=1S/C13H12ClNO2/c1-16-11-5-2-4-10(8-11)9-17-13-7-3-6-12(14)15-13/h2-8H,9H2,1H3. The second-order valence-corrected chi connectivity index (χ2v) is 3.83. The normalized spacial score (nSPS) is 10.0. The maximum atomic E-state index is 5.76. The first-order valence-electron chi connectivity index (χ1n) is 5.16. The van der Waals surface area contributed by atoms with E-state index in [-0.39, 0.29) is 0 Å². The van der Waals surface area contributed by atoms with Crippen LogP contribution in [0.3, 0.4) is 0 Å². The third kappa shape index (κ3) is 3.36. The number of halogens is 1. The largest absolute Gasteiger partial charge is 0.497 e. The van der Waals surface area contributed by atoms with Gasteiger partial charge in [-0.1, -0.05) is 29.8 Å². The maximum absolute atomic E-state index is 5.76. The molecule has 0 saturated heterocycles. The van der Waals surface area contributed by atoms with Crippen LogP contribution in [-0.4, -0.2) is 12.1 Å². The summed E-state index contributed by atoms with van der Waals surface area (Å²) < 4.78 is 10.7. The van der Waals surface area contributed by atoms with Crippen LogP contribution < -0.4 is 9.47 Å². The van der Waals surface area contributed by atoms with Gasteiger partial charge in [0.25, 0.3) is 0 Å². The van der Waals surface area contributed by atoms with Gasteiger partial charge in [0.15, 0.2) is 0 Å². The van der Waals surface area contributed by atoms with E-state index in [4.69, 9.17) is 21.1 Å². The quantitative estimate of drug-likeness (QED) is 0.779. The van der Waals surface area contributed by atoms with Crippen LogP contribution in [0.25, 0.3) is 0 Å². The predicted molar refractivity (Wildman–Crippen MR) is 66.6 cm³/mol. The molecule has 0 bridgehead atoms. The molecule has 1 heterocycles. The van der Waals surface area contributed by atoms with Gasteiger partial charge in [-0.15, -0.1) is 0 Å². The number of methoxy groups -OCH3 is 1. The minimum absolute atomic E-state index is 0.424. The van der Waals surface area contributed by atoms with Gasteiger partial charge < -0.3 is 9.47 Å². The molecule has 2 rings (SSSR count). The summed E-state index contributed by atoms with van der Waals surface area (Å²) in [6.45, 7) is 0.435. The minimum atomic E-state index is 0.424. The molecule has 0 N–H and O–H groups in total. The molecule has 0 amide bonds. The van der Waals surface area contributed by atoms with E-state index in [1.54, 1.807) is 25.3 Å². The van der Waals surface area contributed by atoms with E-state index in [0.29, 0.717) is 17.6 Å². The summed E-state index contributed by atoms with van der Waals surface area (Å²) in [7, 11) is 1.64. The van der Waals surface area contributed by atoms with E-state index in [1.807, 2.05) is 24.3 Å². The molecule has 3 nitrogen and oxygen atoms in total. The Morgan fingerprint density at radius 1 is 1.18 bits per heavy atom. The van der Waals surface area contributed by atoms with E-state index in [2.05, 4.69) is 4.98 Å². The highest BCUT2D eigenvalue weighted by atomic mass is 35.5. The van der Waals surface area contributed by atoms with Crippen LogP contribution in [0, 0.1) is 0 Å². The fourth-order valence-corrected chi connectivity index (χ4v) is 1.55. The summed E-state index contributed by atoms with van der Waals surface area (Å²) in [5.74, 6) is 1.32. The van der Waals surface area contributed by atoms with Gasteiger partial charge >= 0.3 is 0 Å². The molecule has 2 aromatic rings. The van der Waals surface area contributed by atoms with Crippen LogP contribution in [-0.2, 0) is 6.61 Å². The van der Waals surface area contributed by atoms with E-state index >= 15 is 0 Å². The zero-order chi connectivity index (χ0) is 12.1. The van der Waals surface area contributed by atoms with Gasteiger partial charge in [0.2, 0.25) is 5.88 Å². The molecule has 0 radical (unpaired) electrons. The van der Waals surface area contributed by atoms with Crippen molar-refractivity contribution in [2.24, 2.45) is 0 Å². The Morgan fingerprint density at radius 3 is 2.76 bits per heavy atom. The molecule has 0 spiro atoms. The van der Waals surface area contributed by atoms with Gasteiger partial charge in [-0.3, -0.25) is 0 Å². The molecule has 0 atom stereocenters. The van der Waals surface area contributed by atoms with Crippen molar-refractivity contribution in [1.29, 1.82) is 0 Å². The maximum Gasteiger partial charge on any atom is 0.214 e. The van der Waals surface area contributed by atoms with Gasteiger partial charge in [-0.05, 0) is 23.8 Å². The van der Waals surface area contributed by atoms with Crippen molar-refractivity contribution in [3.63, 3.8) is 0 Å². The summed E-state index contributed by atoms with van der Waals surface area (Å²) in [4.78, 5) is 4.04. The van der Waals surface area contributed by atoms with Gasteiger partial charge in [-0.25, -0.2) is 4.98 Å². The SMILES string of the molecule is COc1cccc(COc2cccc(Cl)n2)c1. The Morgan fingerprint density at radius 2 is 2.00 bits per heavy atom. The molecule has 1 aromatic carbocycles. The summed E-state index contributed by atoms with van der Waals surface area (Å²) >= 11 is 5.76. The Bertz CT molecular complexity index is 502. The van der Waals surface area contributed by atoms with Crippen molar-refractivity contribution in [1.82, 2.24) is 4.98 Å². The molecule has 0 unspecified atom stereocenters. The van der Waals surface area contributed by atoms with Gasteiger partial charge in [-0.2, -0.15) is 0 Å². The van der Waals surface area contributed by atoms with Crippen LogP contribution >= 0.6 is 11.6 Å². The summed E-state index contributed by atoms with van der Waals surface area (Å²) in [6, 6.07) is 13.0. The summed E-state index contributed by atoms with van der Waals surface area (Å²) in [5.41, 5.74) is 1.02. The molecule has 1 aromatic heterocycles. The van der Waals surface area contributed by atoms with Crippen molar-refractivity contribution in [3.05, 3.63) is 53.2 Å². The third-order valence-electron chi connectivity index (χ3n) is 2.21. The van der Waals surface area contributed by atoms with Crippen molar-refractivity contribution < 1.29 is 9.47 Å². The predicted octanol–water partition coefficient (Wildman–Crippen LogP) is 3.32. The average Bonchev–Trinajstić information content (AvgIpc) is 2.37. The average molecular weight is 250 g/mol. The smallest absolute Gasteiger partial charge is 0.214 e. The first kappa shape index (κ1) is 11.7. The Kier molecular flexibility index (Phi) is 3.83. The molecule has 4 heteroatoms. The zero-order valence-corrected chi connectivity index (χ0v) is 10.1. The van der Waals surface area contributed by atoms with Crippen LogP contribution in [0.2, 0.25) is 5.15 Å². The molecular weight excluding hydrogens is 238 g/mol. The number of benzene rings is 1. The first-order chi connectivity index (χ1) is 8.28. The second kappa shape index (κ2) is 5.55. The number of rotatable bonds is 4. The molecule has 0 aliphatic rings. The zero-order valence-electron chi connectivity index (χ0n) is 9.39. The van der Waals surface area contributed by atoms with Crippen LogP contribution in [0.4, 0.5) is 0 Å². The van der Waals surface area contributed by atoms with E-state index < -0.39 is 0 Å². The van der Waals surface area contributed by atoms with Crippen LogP contribution in [0.5, 0.6) is 11.6 Å². The highest BCUT2D eigenvalue weighted by Crippen LogP contribution is 2.16. The minimum Gasteiger partial charge on any atom is -0.497 e. The summed E-state index contributed by atoms with van der Waals surface area (Å²) in [6.07, 6.45) is 0. The molecule has 88 valence electrons. The second-order valence-electron chi connectivity index (χ2n) is 3.44. The van der Waals surface area contributed by atoms with Crippen LogP contribution in [0.15, 0.2) is 42.5 Å². The van der Waals surface area contributed by atoms with E-state index in [9.17, 15) is 0 Å². The Labute approximate surface area is 105 Å². The highest BCUT2D eigenvalue weighted by molar-refractivity contribution is 6.29.